The minimum atomic E-state index is 0. The second-order valence-corrected chi connectivity index (χ2v) is 8.90. The SMILES string of the molecule is CCN1CCN(c2nc(-c3ccc(OCCc4ccc(C)nc4)cc3)cc3ccccc23)CC1.Cl. The van der Waals surface area contributed by atoms with E-state index in [-0.39, 0.29) is 12.4 Å². The lowest BCUT2D eigenvalue weighted by Gasteiger charge is -2.35. The second kappa shape index (κ2) is 11.5. The number of hydrogen-bond donors (Lipinski definition) is 0. The van der Waals surface area contributed by atoms with Crippen molar-refractivity contribution >= 4 is 29.0 Å². The van der Waals surface area contributed by atoms with Crippen LogP contribution in [0.3, 0.4) is 0 Å². The van der Waals surface area contributed by atoms with Crippen LogP contribution >= 0.6 is 12.4 Å². The second-order valence-electron chi connectivity index (χ2n) is 8.90. The molecule has 0 N–H and O–H groups in total. The fraction of sp³-hybridized carbons (Fsp3) is 0.310. The van der Waals surface area contributed by atoms with E-state index in [0.717, 1.165) is 67.7 Å². The molecule has 0 unspecified atom stereocenters. The molecular weight excluding hydrogens is 456 g/mol. The van der Waals surface area contributed by atoms with Gasteiger partial charge < -0.3 is 14.5 Å². The van der Waals surface area contributed by atoms with E-state index in [4.69, 9.17) is 9.72 Å². The maximum atomic E-state index is 5.98. The summed E-state index contributed by atoms with van der Waals surface area (Å²) in [5.41, 5.74) is 4.34. The maximum absolute atomic E-state index is 5.98. The van der Waals surface area contributed by atoms with Crippen molar-refractivity contribution in [2.24, 2.45) is 0 Å². The normalized spacial score (nSPS) is 14.1. The summed E-state index contributed by atoms with van der Waals surface area (Å²) < 4.78 is 5.98. The van der Waals surface area contributed by atoms with E-state index in [0.29, 0.717) is 6.61 Å². The average molecular weight is 489 g/mol. The van der Waals surface area contributed by atoms with Crippen LogP contribution in [0, 0.1) is 6.92 Å². The topological polar surface area (TPSA) is 41.5 Å². The molecule has 0 bridgehead atoms. The molecule has 6 heteroatoms. The number of benzene rings is 2. The molecule has 0 atom stereocenters. The molecule has 4 aromatic rings. The molecule has 0 spiro atoms. The predicted octanol–water partition coefficient (Wildman–Crippen LogP) is 5.79. The van der Waals surface area contributed by atoms with E-state index in [1.807, 2.05) is 31.3 Å². The Morgan fingerprint density at radius 3 is 2.40 bits per heavy atom. The number of rotatable bonds is 7. The summed E-state index contributed by atoms with van der Waals surface area (Å²) in [4.78, 5) is 14.4. The van der Waals surface area contributed by atoms with Gasteiger partial charge in [0.1, 0.15) is 11.6 Å². The molecule has 1 saturated heterocycles. The molecule has 1 aliphatic rings. The monoisotopic (exact) mass is 488 g/mol. The number of anilines is 1. The van der Waals surface area contributed by atoms with Crippen molar-refractivity contribution in [3.05, 3.63) is 84.2 Å². The molecule has 0 aliphatic carbocycles. The van der Waals surface area contributed by atoms with E-state index >= 15 is 0 Å². The Balaban J connectivity index is 0.00000289. The first-order valence-electron chi connectivity index (χ1n) is 12.2. The summed E-state index contributed by atoms with van der Waals surface area (Å²) >= 11 is 0. The number of pyridine rings is 2. The molecule has 35 heavy (non-hydrogen) atoms. The highest BCUT2D eigenvalue weighted by atomic mass is 35.5. The van der Waals surface area contributed by atoms with Crippen LogP contribution in [0.1, 0.15) is 18.2 Å². The van der Waals surface area contributed by atoms with E-state index in [1.165, 1.54) is 16.3 Å². The Bertz CT molecular complexity index is 1240. The minimum absolute atomic E-state index is 0. The van der Waals surface area contributed by atoms with Crippen molar-refractivity contribution in [2.75, 3.05) is 44.2 Å². The first-order valence-corrected chi connectivity index (χ1v) is 12.2. The third kappa shape index (κ3) is 5.92. The fourth-order valence-electron chi connectivity index (χ4n) is 4.50. The predicted molar refractivity (Wildman–Crippen MR) is 147 cm³/mol. The van der Waals surface area contributed by atoms with Gasteiger partial charge in [-0.15, -0.1) is 12.4 Å². The van der Waals surface area contributed by atoms with Crippen LogP contribution in [-0.2, 0) is 6.42 Å². The van der Waals surface area contributed by atoms with Crippen LogP contribution in [0.15, 0.2) is 72.9 Å². The van der Waals surface area contributed by atoms with E-state index in [9.17, 15) is 0 Å². The molecule has 1 fully saturated rings. The van der Waals surface area contributed by atoms with Crippen LogP contribution in [0.4, 0.5) is 5.82 Å². The molecule has 5 nitrogen and oxygen atoms in total. The van der Waals surface area contributed by atoms with E-state index < -0.39 is 0 Å². The molecule has 1 aliphatic heterocycles. The van der Waals surface area contributed by atoms with Crippen molar-refractivity contribution in [3.8, 4) is 17.0 Å². The summed E-state index contributed by atoms with van der Waals surface area (Å²) in [7, 11) is 0. The zero-order chi connectivity index (χ0) is 23.3. The van der Waals surface area contributed by atoms with Gasteiger partial charge in [0.05, 0.1) is 12.3 Å². The molecule has 3 heterocycles. The van der Waals surface area contributed by atoms with Gasteiger partial charge in [0.15, 0.2) is 0 Å². The number of aromatic nitrogens is 2. The van der Waals surface area contributed by atoms with Crippen LogP contribution < -0.4 is 9.64 Å². The Morgan fingerprint density at radius 1 is 0.914 bits per heavy atom. The van der Waals surface area contributed by atoms with Crippen molar-refractivity contribution in [1.29, 1.82) is 0 Å². The molecular formula is C29H33ClN4O. The number of ether oxygens (including phenoxy) is 1. The molecule has 0 amide bonds. The lowest BCUT2D eigenvalue weighted by atomic mass is 10.1. The van der Waals surface area contributed by atoms with Gasteiger partial charge in [0.25, 0.3) is 0 Å². The van der Waals surface area contributed by atoms with Gasteiger partial charge in [0.2, 0.25) is 0 Å². The molecule has 0 saturated carbocycles. The minimum Gasteiger partial charge on any atom is -0.493 e. The highest BCUT2D eigenvalue weighted by Gasteiger charge is 2.19. The Hall–Kier alpha value is -3.15. The Labute approximate surface area is 214 Å². The van der Waals surface area contributed by atoms with Crippen LogP contribution in [-0.4, -0.2) is 54.2 Å². The quantitative estimate of drug-likeness (QED) is 0.329. The first kappa shape index (κ1) is 25.0. The van der Waals surface area contributed by atoms with Gasteiger partial charge >= 0.3 is 0 Å². The standard InChI is InChI=1S/C29H32N4O.ClH/c1-3-32-15-17-33(18-16-32)29-27-7-5-4-6-25(27)20-28(31-29)24-10-12-26(13-11-24)34-19-14-23-9-8-22(2)30-21-23;/h4-13,20-21H,3,14-19H2,1-2H3;1H. The highest BCUT2D eigenvalue weighted by Crippen LogP contribution is 2.31. The van der Waals surface area contributed by atoms with E-state index in [1.54, 1.807) is 0 Å². The average Bonchev–Trinajstić information content (AvgIpc) is 2.90. The fourth-order valence-corrected chi connectivity index (χ4v) is 4.50. The summed E-state index contributed by atoms with van der Waals surface area (Å²) in [6.07, 6.45) is 2.77. The van der Waals surface area contributed by atoms with Crippen molar-refractivity contribution < 1.29 is 4.74 Å². The maximum Gasteiger partial charge on any atom is 0.137 e. The van der Waals surface area contributed by atoms with Gasteiger partial charge in [-0.1, -0.05) is 37.3 Å². The van der Waals surface area contributed by atoms with Gasteiger partial charge in [0, 0.05) is 55.4 Å². The molecule has 0 radical (unpaired) electrons. The summed E-state index contributed by atoms with van der Waals surface area (Å²) in [6.45, 7) is 10.2. The molecule has 2 aromatic heterocycles. The van der Waals surface area contributed by atoms with Gasteiger partial charge in [-0.05, 0) is 60.8 Å². The van der Waals surface area contributed by atoms with Gasteiger partial charge in [-0.2, -0.15) is 0 Å². The van der Waals surface area contributed by atoms with Crippen molar-refractivity contribution in [1.82, 2.24) is 14.9 Å². The number of halogens is 1. The van der Waals surface area contributed by atoms with E-state index in [2.05, 4.69) is 70.2 Å². The number of piperazine rings is 1. The smallest absolute Gasteiger partial charge is 0.137 e. The zero-order valence-electron chi connectivity index (χ0n) is 20.5. The first-order chi connectivity index (χ1) is 16.7. The van der Waals surface area contributed by atoms with Crippen molar-refractivity contribution in [2.45, 2.75) is 20.3 Å². The van der Waals surface area contributed by atoms with Crippen LogP contribution in [0.2, 0.25) is 0 Å². The summed E-state index contributed by atoms with van der Waals surface area (Å²) in [5, 5.41) is 2.45. The molecule has 2 aromatic carbocycles. The third-order valence-corrected chi connectivity index (χ3v) is 6.62. The number of likely N-dealkylation sites (N-methyl/N-ethyl adjacent to an activating group) is 1. The van der Waals surface area contributed by atoms with Gasteiger partial charge in [-0.25, -0.2) is 4.98 Å². The van der Waals surface area contributed by atoms with Crippen LogP contribution in [0.25, 0.3) is 22.0 Å². The largest absolute Gasteiger partial charge is 0.493 e. The zero-order valence-corrected chi connectivity index (χ0v) is 21.3. The number of nitrogens with zero attached hydrogens (tertiary/aromatic N) is 4. The Kier molecular flexibility index (Phi) is 8.21. The Morgan fingerprint density at radius 2 is 1.69 bits per heavy atom. The molecule has 5 rings (SSSR count). The lowest BCUT2D eigenvalue weighted by molar-refractivity contribution is 0.271. The number of hydrogen-bond acceptors (Lipinski definition) is 5. The summed E-state index contributed by atoms with van der Waals surface area (Å²) in [5.74, 6) is 1.97. The van der Waals surface area contributed by atoms with Gasteiger partial charge in [-0.3, -0.25) is 4.98 Å². The lowest BCUT2D eigenvalue weighted by Crippen LogP contribution is -2.46. The number of aryl methyl sites for hydroxylation is 1. The van der Waals surface area contributed by atoms with Crippen LogP contribution in [0.5, 0.6) is 5.75 Å². The van der Waals surface area contributed by atoms with Crippen molar-refractivity contribution in [3.63, 3.8) is 0 Å². The highest BCUT2D eigenvalue weighted by molar-refractivity contribution is 5.95. The summed E-state index contributed by atoms with van der Waals surface area (Å²) in [6, 6.07) is 23.2. The number of fused-ring (bicyclic) bond motifs is 1. The molecule has 182 valence electrons. The third-order valence-electron chi connectivity index (χ3n) is 6.62.